The molecule has 3 aromatic rings. The summed E-state index contributed by atoms with van der Waals surface area (Å²) in [6, 6.07) is 23.6. The maximum absolute atomic E-state index is 12.4. The topological polar surface area (TPSA) is 62.6 Å². The summed E-state index contributed by atoms with van der Waals surface area (Å²) in [5.41, 5.74) is 1.72. The van der Waals surface area contributed by atoms with E-state index in [9.17, 15) is 9.59 Å². The number of amides is 2. The Balaban J connectivity index is 1.53. The van der Waals surface area contributed by atoms with Crippen LogP contribution in [0.3, 0.4) is 0 Å². The third-order valence-electron chi connectivity index (χ3n) is 4.82. The van der Waals surface area contributed by atoms with Crippen LogP contribution < -0.4 is 15.5 Å². The zero-order valence-electron chi connectivity index (χ0n) is 16.2. The summed E-state index contributed by atoms with van der Waals surface area (Å²) in [5.74, 6) is -0.449. The molecule has 0 bridgehead atoms. The maximum Gasteiger partial charge on any atom is 0.251 e. The van der Waals surface area contributed by atoms with Crippen LogP contribution in [0.4, 0.5) is 0 Å². The molecule has 3 rings (SSSR count). The number of quaternary nitrogens is 1. The Bertz CT molecular complexity index is 954. The van der Waals surface area contributed by atoms with Gasteiger partial charge in [0.1, 0.15) is 6.04 Å². The van der Waals surface area contributed by atoms with Crippen molar-refractivity contribution in [1.29, 1.82) is 0 Å². The minimum atomic E-state index is -0.251. The second-order valence-corrected chi connectivity index (χ2v) is 7.09. The van der Waals surface area contributed by atoms with E-state index in [0.717, 1.165) is 10.8 Å². The van der Waals surface area contributed by atoms with Gasteiger partial charge in [-0.2, -0.15) is 0 Å². The van der Waals surface area contributed by atoms with Gasteiger partial charge in [0.05, 0.1) is 27.2 Å². The molecule has 144 valence electrons. The molecule has 0 heterocycles. The van der Waals surface area contributed by atoms with Crippen LogP contribution in [0.25, 0.3) is 10.8 Å². The van der Waals surface area contributed by atoms with Crippen molar-refractivity contribution in [3.05, 3.63) is 83.9 Å². The Morgan fingerprint density at radius 2 is 1.54 bits per heavy atom. The summed E-state index contributed by atoms with van der Waals surface area (Å²) in [6.07, 6.45) is 0. The Labute approximate surface area is 165 Å². The highest BCUT2D eigenvalue weighted by Crippen LogP contribution is 2.15. The van der Waals surface area contributed by atoms with Gasteiger partial charge in [-0.3, -0.25) is 9.59 Å². The summed E-state index contributed by atoms with van der Waals surface area (Å²) in [7, 11) is 4.12. The molecule has 5 heteroatoms. The Kier molecular flexibility index (Phi) is 6.40. The van der Waals surface area contributed by atoms with Crippen LogP contribution in [0.15, 0.2) is 72.8 Å². The first-order chi connectivity index (χ1) is 13.5. The van der Waals surface area contributed by atoms with E-state index < -0.39 is 0 Å². The largest absolute Gasteiger partial charge is 0.348 e. The number of hydrogen-bond acceptors (Lipinski definition) is 2. The van der Waals surface area contributed by atoms with Crippen LogP contribution in [0.2, 0.25) is 0 Å². The third-order valence-corrected chi connectivity index (χ3v) is 4.82. The Morgan fingerprint density at radius 1 is 0.857 bits per heavy atom. The van der Waals surface area contributed by atoms with Gasteiger partial charge in [-0.1, -0.05) is 60.7 Å². The summed E-state index contributed by atoms with van der Waals surface area (Å²) >= 11 is 0. The number of rotatable bonds is 7. The minimum Gasteiger partial charge on any atom is -0.348 e. The first-order valence-corrected chi connectivity index (χ1v) is 9.43. The number of nitrogens with one attached hydrogen (secondary N) is 3. The van der Waals surface area contributed by atoms with Gasteiger partial charge in [-0.25, -0.2) is 0 Å². The highest BCUT2D eigenvalue weighted by atomic mass is 16.2. The first-order valence-electron chi connectivity index (χ1n) is 9.43. The Morgan fingerprint density at radius 3 is 2.25 bits per heavy atom. The van der Waals surface area contributed by atoms with Crippen molar-refractivity contribution in [2.75, 3.05) is 27.2 Å². The molecule has 0 unspecified atom stereocenters. The van der Waals surface area contributed by atoms with E-state index in [1.54, 1.807) is 6.07 Å². The van der Waals surface area contributed by atoms with E-state index in [1.807, 2.05) is 54.6 Å². The molecule has 0 aromatic heterocycles. The maximum atomic E-state index is 12.4. The summed E-state index contributed by atoms with van der Waals surface area (Å²) in [5, 5.41) is 7.70. The molecule has 0 spiro atoms. The number of fused-ring (bicyclic) bond motifs is 1. The smallest absolute Gasteiger partial charge is 0.251 e. The molecule has 0 aliphatic heterocycles. The van der Waals surface area contributed by atoms with Gasteiger partial charge >= 0.3 is 0 Å². The molecule has 0 aliphatic carbocycles. The van der Waals surface area contributed by atoms with Gasteiger partial charge in [0, 0.05) is 11.1 Å². The van der Waals surface area contributed by atoms with Gasteiger partial charge in [-0.15, -0.1) is 0 Å². The van der Waals surface area contributed by atoms with E-state index in [2.05, 4.69) is 36.9 Å². The van der Waals surface area contributed by atoms with Gasteiger partial charge in [0.2, 0.25) is 5.91 Å². The molecular formula is C23H26N3O2+. The molecule has 28 heavy (non-hydrogen) atoms. The SMILES string of the molecule is C[NH+](C)[C@H](CNC(=O)CNC(=O)c1ccc2ccccc2c1)c1ccccc1. The summed E-state index contributed by atoms with van der Waals surface area (Å²) in [6.45, 7) is 0.465. The average molecular weight is 376 g/mol. The average Bonchev–Trinajstić information content (AvgIpc) is 2.72. The number of carbonyl (C=O) groups is 2. The quantitative estimate of drug-likeness (QED) is 0.586. The van der Waals surface area contributed by atoms with Crippen LogP contribution in [-0.2, 0) is 4.79 Å². The molecule has 1 atom stereocenters. The fraction of sp³-hybridized carbons (Fsp3) is 0.217. The van der Waals surface area contributed by atoms with Crippen molar-refractivity contribution in [1.82, 2.24) is 10.6 Å². The van der Waals surface area contributed by atoms with Gasteiger partial charge < -0.3 is 15.5 Å². The molecule has 0 aliphatic rings. The van der Waals surface area contributed by atoms with Crippen LogP contribution in [0, 0.1) is 0 Å². The second kappa shape index (κ2) is 9.15. The van der Waals surface area contributed by atoms with Crippen molar-refractivity contribution >= 4 is 22.6 Å². The normalized spacial score (nSPS) is 12.0. The monoisotopic (exact) mass is 376 g/mol. The van der Waals surface area contributed by atoms with Crippen molar-refractivity contribution in [3.63, 3.8) is 0 Å². The minimum absolute atomic E-state index is 0.0457. The highest BCUT2D eigenvalue weighted by Gasteiger charge is 2.18. The molecular weight excluding hydrogens is 350 g/mol. The standard InChI is InChI=1S/C23H25N3O2/c1-26(2)21(18-9-4-3-5-10-18)15-24-22(27)16-25-23(28)20-13-12-17-8-6-7-11-19(17)14-20/h3-14,21H,15-16H2,1-2H3,(H,24,27)(H,25,28)/p+1/t21-/m1/s1. The summed E-state index contributed by atoms with van der Waals surface area (Å²) in [4.78, 5) is 25.8. The van der Waals surface area contributed by atoms with Gasteiger partial charge in [0.25, 0.3) is 5.91 Å². The zero-order chi connectivity index (χ0) is 19.9. The number of likely N-dealkylation sites (N-methyl/N-ethyl adjacent to an activating group) is 1. The summed E-state index contributed by atoms with van der Waals surface area (Å²) < 4.78 is 0. The molecule has 0 saturated carbocycles. The molecule has 0 saturated heterocycles. The van der Waals surface area contributed by atoms with E-state index in [0.29, 0.717) is 12.1 Å². The van der Waals surface area contributed by atoms with Crippen LogP contribution in [0.1, 0.15) is 22.0 Å². The molecule has 5 nitrogen and oxygen atoms in total. The highest BCUT2D eigenvalue weighted by molar-refractivity contribution is 5.99. The molecule has 2 amide bonds. The van der Waals surface area contributed by atoms with Gasteiger partial charge in [0.15, 0.2) is 0 Å². The van der Waals surface area contributed by atoms with Crippen LogP contribution >= 0.6 is 0 Å². The predicted octanol–water partition coefficient (Wildman–Crippen LogP) is 1.57. The molecule has 3 N–H and O–H groups in total. The fourth-order valence-corrected chi connectivity index (χ4v) is 3.21. The fourth-order valence-electron chi connectivity index (χ4n) is 3.21. The van der Waals surface area contributed by atoms with E-state index >= 15 is 0 Å². The number of benzene rings is 3. The van der Waals surface area contributed by atoms with Gasteiger partial charge in [-0.05, 0) is 22.9 Å². The second-order valence-electron chi connectivity index (χ2n) is 7.09. The lowest BCUT2D eigenvalue weighted by Gasteiger charge is -2.22. The van der Waals surface area contributed by atoms with Crippen LogP contribution in [0.5, 0.6) is 0 Å². The lowest BCUT2D eigenvalue weighted by molar-refractivity contribution is -0.890. The third kappa shape index (κ3) is 4.96. The molecule has 0 fully saturated rings. The molecule has 0 radical (unpaired) electrons. The van der Waals surface area contributed by atoms with Crippen molar-refractivity contribution in [2.24, 2.45) is 0 Å². The van der Waals surface area contributed by atoms with Crippen LogP contribution in [-0.4, -0.2) is 39.0 Å². The molecule has 3 aromatic carbocycles. The number of hydrogen-bond donors (Lipinski definition) is 3. The zero-order valence-corrected chi connectivity index (χ0v) is 16.2. The first kappa shape index (κ1) is 19.6. The van der Waals surface area contributed by atoms with Crippen molar-refractivity contribution < 1.29 is 14.5 Å². The lowest BCUT2D eigenvalue weighted by Crippen LogP contribution is -3.07. The predicted molar refractivity (Wildman–Crippen MR) is 111 cm³/mol. The van der Waals surface area contributed by atoms with Crippen molar-refractivity contribution in [2.45, 2.75) is 6.04 Å². The van der Waals surface area contributed by atoms with E-state index in [1.165, 1.54) is 10.5 Å². The van der Waals surface area contributed by atoms with Crippen molar-refractivity contribution in [3.8, 4) is 0 Å². The Hall–Kier alpha value is -3.18. The van der Waals surface area contributed by atoms with E-state index in [4.69, 9.17) is 0 Å². The van der Waals surface area contributed by atoms with E-state index in [-0.39, 0.29) is 24.4 Å². The number of carbonyl (C=O) groups excluding carboxylic acids is 2. The lowest BCUT2D eigenvalue weighted by atomic mass is 10.1.